The quantitative estimate of drug-likeness (QED) is 0.222. The molecule has 0 atom stereocenters. The van der Waals surface area contributed by atoms with E-state index < -0.39 is 0 Å². The van der Waals surface area contributed by atoms with Gasteiger partial charge in [0, 0.05) is 38.1 Å². The summed E-state index contributed by atoms with van der Waals surface area (Å²) in [5.41, 5.74) is 0.0420. The van der Waals surface area contributed by atoms with Crippen LogP contribution in [0, 0.1) is 17.3 Å². The van der Waals surface area contributed by atoms with E-state index in [4.69, 9.17) is 14.2 Å². The van der Waals surface area contributed by atoms with Gasteiger partial charge in [-0.25, -0.2) is 0 Å². The van der Waals surface area contributed by atoms with Crippen LogP contribution in [-0.2, 0) is 23.8 Å². The molecule has 1 N–H and O–H groups in total. The van der Waals surface area contributed by atoms with Gasteiger partial charge in [0.1, 0.15) is 0 Å². The van der Waals surface area contributed by atoms with Crippen molar-refractivity contribution in [2.75, 3.05) is 52.6 Å². The van der Waals surface area contributed by atoms with Crippen molar-refractivity contribution >= 4 is 11.9 Å². The summed E-state index contributed by atoms with van der Waals surface area (Å²) in [4.78, 5) is 26.8. The predicted octanol–water partition coefficient (Wildman–Crippen LogP) is 5.13. The van der Waals surface area contributed by atoms with E-state index in [2.05, 4.69) is 57.0 Å². The van der Waals surface area contributed by atoms with Crippen molar-refractivity contribution in [2.24, 2.45) is 17.3 Å². The van der Waals surface area contributed by atoms with Crippen LogP contribution in [0.5, 0.6) is 0 Å². The van der Waals surface area contributed by atoms with Gasteiger partial charge in [-0.15, -0.1) is 0 Å². The van der Waals surface area contributed by atoms with E-state index in [0.29, 0.717) is 44.4 Å². The first-order valence-electron chi connectivity index (χ1n) is 14.6. The van der Waals surface area contributed by atoms with Crippen LogP contribution in [0.15, 0.2) is 12.2 Å². The van der Waals surface area contributed by atoms with Crippen LogP contribution in [0.4, 0.5) is 0 Å². The minimum absolute atomic E-state index is 0.0714. The number of hydrogen-bond acceptors (Lipinski definition) is 7. The molecule has 2 rings (SSSR count). The monoisotopic (exact) mass is 522 g/mol. The number of nitrogens with zero attached hydrogens (tertiary/aromatic N) is 1. The molecule has 0 aromatic heterocycles. The van der Waals surface area contributed by atoms with Crippen LogP contribution in [0.3, 0.4) is 0 Å². The van der Waals surface area contributed by atoms with Gasteiger partial charge in [-0.3, -0.25) is 14.5 Å². The number of hydrogen-bond donors (Lipinski definition) is 1. The van der Waals surface area contributed by atoms with E-state index >= 15 is 0 Å². The smallest absolute Gasteiger partial charge is 0.307 e. The molecule has 2 aliphatic rings. The number of carbonyl (C=O) groups excluding carboxylic acids is 2. The summed E-state index contributed by atoms with van der Waals surface area (Å²) in [6, 6.07) is 0. The van der Waals surface area contributed by atoms with Crippen molar-refractivity contribution in [1.29, 1.82) is 0 Å². The first-order valence-corrected chi connectivity index (χ1v) is 14.6. The summed E-state index contributed by atoms with van der Waals surface area (Å²) in [5, 5.41) is 3.45. The second kappa shape index (κ2) is 16.5. The highest BCUT2D eigenvalue weighted by atomic mass is 16.5. The standard InChI is InChI=1S/C30H54N2O5/c1-6-29(2,3)16-13-27(33)36-23-25-9-11-26(12-10-25)24-37-28(34)14-17-31-30(4,5)15-7-8-18-32-19-21-35-22-20-32/h7,15,25-26,31H,6,8-14,16-24H2,1-5H3/b15-7-. The Balaban J connectivity index is 1.50. The van der Waals surface area contributed by atoms with Crippen LogP contribution in [0.2, 0.25) is 0 Å². The number of esters is 2. The molecule has 0 aromatic carbocycles. The van der Waals surface area contributed by atoms with Crippen molar-refractivity contribution < 1.29 is 23.8 Å². The number of rotatable bonds is 16. The van der Waals surface area contributed by atoms with Crippen molar-refractivity contribution in [3.63, 3.8) is 0 Å². The maximum absolute atomic E-state index is 12.2. The molecular weight excluding hydrogens is 468 g/mol. The molecule has 1 aliphatic carbocycles. The first-order chi connectivity index (χ1) is 17.6. The summed E-state index contributed by atoms with van der Waals surface area (Å²) >= 11 is 0. The molecule has 0 spiro atoms. The lowest BCUT2D eigenvalue weighted by Crippen LogP contribution is -2.39. The maximum atomic E-state index is 12.2. The zero-order valence-electron chi connectivity index (χ0n) is 24.3. The predicted molar refractivity (Wildman–Crippen MR) is 148 cm³/mol. The molecule has 1 saturated heterocycles. The highest BCUT2D eigenvalue weighted by Gasteiger charge is 2.24. The lowest BCUT2D eigenvalue weighted by atomic mass is 9.83. The molecule has 0 aromatic rings. The molecule has 0 unspecified atom stereocenters. The number of nitrogens with one attached hydrogen (secondary N) is 1. The van der Waals surface area contributed by atoms with Gasteiger partial charge in [0.2, 0.25) is 0 Å². The molecule has 37 heavy (non-hydrogen) atoms. The summed E-state index contributed by atoms with van der Waals surface area (Å²) in [6.45, 7) is 17.2. The molecule has 2 fully saturated rings. The molecule has 0 radical (unpaired) electrons. The topological polar surface area (TPSA) is 77.1 Å². The lowest BCUT2D eigenvalue weighted by Gasteiger charge is -2.28. The van der Waals surface area contributed by atoms with Crippen LogP contribution in [-0.4, -0.2) is 75.0 Å². The zero-order valence-corrected chi connectivity index (χ0v) is 24.3. The molecule has 1 heterocycles. The van der Waals surface area contributed by atoms with Crippen LogP contribution in [0.1, 0.15) is 92.4 Å². The van der Waals surface area contributed by atoms with Crippen molar-refractivity contribution in [3.05, 3.63) is 12.2 Å². The highest BCUT2D eigenvalue weighted by Crippen LogP contribution is 2.30. The lowest BCUT2D eigenvalue weighted by molar-refractivity contribution is -0.148. The summed E-state index contributed by atoms with van der Waals surface area (Å²) in [6.07, 6.45) is 12.4. The Morgan fingerprint density at radius 1 is 0.946 bits per heavy atom. The Morgan fingerprint density at radius 3 is 2.08 bits per heavy atom. The van der Waals surface area contributed by atoms with E-state index in [1.165, 1.54) is 0 Å². The van der Waals surface area contributed by atoms with Gasteiger partial charge < -0.3 is 19.5 Å². The number of morpholine rings is 1. The fourth-order valence-corrected chi connectivity index (χ4v) is 4.75. The van der Waals surface area contributed by atoms with Gasteiger partial charge in [-0.05, 0) is 69.6 Å². The van der Waals surface area contributed by atoms with E-state index in [9.17, 15) is 9.59 Å². The zero-order chi connectivity index (χ0) is 27.2. The largest absolute Gasteiger partial charge is 0.465 e. The summed E-state index contributed by atoms with van der Waals surface area (Å²) in [5.74, 6) is 0.645. The van der Waals surface area contributed by atoms with Gasteiger partial charge >= 0.3 is 11.9 Å². The van der Waals surface area contributed by atoms with E-state index in [1.807, 2.05) is 0 Å². The first kappa shape index (κ1) is 31.8. The molecule has 1 aliphatic heterocycles. The Morgan fingerprint density at radius 2 is 1.51 bits per heavy atom. The fraction of sp³-hybridized carbons (Fsp3) is 0.867. The SMILES string of the molecule is CCC(C)(C)CCC(=O)OCC1CCC(COC(=O)CCNC(C)(C)/C=C\CCN2CCOCC2)CC1. The molecule has 7 nitrogen and oxygen atoms in total. The molecule has 7 heteroatoms. The Bertz CT molecular complexity index is 692. The second-order valence-electron chi connectivity index (χ2n) is 12.3. The van der Waals surface area contributed by atoms with Gasteiger partial charge in [0.25, 0.3) is 0 Å². The third kappa shape index (κ3) is 14.3. The van der Waals surface area contributed by atoms with Crippen molar-refractivity contribution in [2.45, 2.75) is 97.9 Å². The summed E-state index contributed by atoms with van der Waals surface area (Å²) in [7, 11) is 0. The summed E-state index contributed by atoms with van der Waals surface area (Å²) < 4.78 is 16.5. The van der Waals surface area contributed by atoms with Gasteiger partial charge in [0.15, 0.2) is 0 Å². The average molecular weight is 523 g/mol. The van der Waals surface area contributed by atoms with Crippen LogP contribution < -0.4 is 5.32 Å². The van der Waals surface area contributed by atoms with Crippen molar-refractivity contribution in [3.8, 4) is 0 Å². The minimum atomic E-state index is -0.153. The minimum Gasteiger partial charge on any atom is -0.465 e. The average Bonchev–Trinajstić information content (AvgIpc) is 2.89. The number of carbonyl (C=O) groups is 2. The van der Waals surface area contributed by atoms with Crippen molar-refractivity contribution in [1.82, 2.24) is 10.2 Å². The third-order valence-electron chi connectivity index (χ3n) is 8.05. The fourth-order valence-electron chi connectivity index (χ4n) is 4.75. The molecule has 214 valence electrons. The van der Waals surface area contributed by atoms with E-state index in [1.54, 1.807) is 0 Å². The normalized spacial score (nSPS) is 21.8. The van der Waals surface area contributed by atoms with Gasteiger partial charge in [-0.2, -0.15) is 0 Å². The Kier molecular flexibility index (Phi) is 14.2. The Hall–Kier alpha value is -1.44. The van der Waals surface area contributed by atoms with Crippen LogP contribution >= 0.6 is 0 Å². The third-order valence-corrected chi connectivity index (χ3v) is 8.05. The van der Waals surface area contributed by atoms with E-state index in [-0.39, 0.29) is 22.9 Å². The molecule has 1 saturated carbocycles. The highest BCUT2D eigenvalue weighted by molar-refractivity contribution is 5.69. The molecule has 0 bridgehead atoms. The molecular formula is C30H54N2O5. The number of ether oxygens (including phenoxy) is 3. The molecule has 0 amide bonds. The second-order valence-corrected chi connectivity index (χ2v) is 12.3. The Labute approximate surface area is 226 Å². The van der Waals surface area contributed by atoms with Gasteiger partial charge in [-0.1, -0.05) is 39.3 Å². The van der Waals surface area contributed by atoms with Gasteiger partial charge in [0.05, 0.1) is 32.8 Å². The maximum Gasteiger partial charge on any atom is 0.307 e. The van der Waals surface area contributed by atoms with E-state index in [0.717, 1.165) is 77.8 Å². The van der Waals surface area contributed by atoms with Crippen LogP contribution in [0.25, 0.3) is 0 Å².